The number of rotatable bonds is 3. The minimum Gasteiger partial charge on any atom is -0.387 e. The van der Waals surface area contributed by atoms with Gasteiger partial charge in [0, 0.05) is 13.1 Å². The molecule has 1 aromatic carbocycles. The highest BCUT2D eigenvalue weighted by atomic mass is 16.1. The van der Waals surface area contributed by atoms with Crippen molar-refractivity contribution in [2.75, 3.05) is 12.4 Å². The number of benzene rings is 1. The third-order valence-electron chi connectivity index (χ3n) is 3.94. The van der Waals surface area contributed by atoms with Crippen molar-refractivity contribution in [2.24, 2.45) is 0 Å². The second-order valence-corrected chi connectivity index (χ2v) is 5.33. The fourth-order valence-corrected chi connectivity index (χ4v) is 2.79. The number of hydrogen-bond donors (Lipinski definition) is 2. The van der Waals surface area contributed by atoms with Gasteiger partial charge in [-0.2, -0.15) is 0 Å². The summed E-state index contributed by atoms with van der Waals surface area (Å²) in [5.41, 5.74) is 4.62. The van der Waals surface area contributed by atoms with Gasteiger partial charge in [-0.15, -0.1) is 0 Å². The molecule has 0 unspecified atom stereocenters. The number of anilines is 1. The maximum Gasteiger partial charge on any atom is 0.253 e. The van der Waals surface area contributed by atoms with Crippen LogP contribution in [-0.4, -0.2) is 19.0 Å². The first kappa shape index (κ1) is 11.6. The molecule has 1 amide bonds. The fraction of sp³-hybridized carbons (Fsp3) is 0.533. The maximum atomic E-state index is 12.2. The lowest BCUT2D eigenvalue weighted by atomic mass is 9.88. The number of amides is 1. The molecule has 96 valence electrons. The van der Waals surface area contributed by atoms with Crippen molar-refractivity contribution in [3.05, 3.63) is 28.8 Å². The summed E-state index contributed by atoms with van der Waals surface area (Å²) >= 11 is 0. The van der Waals surface area contributed by atoms with E-state index >= 15 is 0 Å². The minimum atomic E-state index is 0.0789. The summed E-state index contributed by atoms with van der Waals surface area (Å²) in [7, 11) is 1.91. The zero-order valence-electron chi connectivity index (χ0n) is 10.9. The van der Waals surface area contributed by atoms with Crippen molar-refractivity contribution in [1.82, 2.24) is 5.32 Å². The van der Waals surface area contributed by atoms with Gasteiger partial charge in [0.2, 0.25) is 0 Å². The van der Waals surface area contributed by atoms with Gasteiger partial charge in [-0.05, 0) is 55.7 Å². The molecule has 0 bridgehead atoms. The van der Waals surface area contributed by atoms with E-state index < -0.39 is 0 Å². The second kappa shape index (κ2) is 4.63. The third-order valence-corrected chi connectivity index (χ3v) is 3.94. The lowest BCUT2D eigenvalue weighted by molar-refractivity contribution is 0.0952. The Hall–Kier alpha value is -1.51. The van der Waals surface area contributed by atoms with E-state index in [2.05, 4.69) is 16.7 Å². The number of aryl methyl sites for hydroxylation is 1. The summed E-state index contributed by atoms with van der Waals surface area (Å²) in [6.07, 6.45) is 7.00. The van der Waals surface area contributed by atoms with Crippen molar-refractivity contribution in [1.29, 1.82) is 0 Å². The van der Waals surface area contributed by atoms with E-state index in [1.54, 1.807) is 0 Å². The predicted octanol–water partition coefficient (Wildman–Crippen LogP) is 2.50. The second-order valence-electron chi connectivity index (χ2n) is 5.33. The largest absolute Gasteiger partial charge is 0.387 e. The SMILES string of the molecule is CNc1c(C(=O)NC2CC2)ccc2c1CCCC2. The highest BCUT2D eigenvalue weighted by Crippen LogP contribution is 2.31. The van der Waals surface area contributed by atoms with Gasteiger partial charge in [-0.25, -0.2) is 0 Å². The molecular formula is C15H20N2O. The number of hydrogen-bond acceptors (Lipinski definition) is 2. The topological polar surface area (TPSA) is 41.1 Å². The minimum absolute atomic E-state index is 0.0789. The number of carbonyl (C=O) groups is 1. The fourth-order valence-electron chi connectivity index (χ4n) is 2.79. The standard InChI is InChI=1S/C15H20N2O/c1-16-14-12-5-3-2-4-10(12)6-9-13(14)15(18)17-11-7-8-11/h6,9,11,16H,2-5,7-8H2,1H3,(H,17,18). The van der Waals surface area contributed by atoms with Crippen LogP contribution in [0.1, 0.15) is 47.2 Å². The van der Waals surface area contributed by atoms with E-state index in [0.29, 0.717) is 6.04 Å². The zero-order chi connectivity index (χ0) is 12.5. The number of carbonyl (C=O) groups excluding carboxylic acids is 1. The van der Waals surface area contributed by atoms with E-state index in [1.807, 2.05) is 13.1 Å². The molecule has 0 radical (unpaired) electrons. The van der Waals surface area contributed by atoms with E-state index in [4.69, 9.17) is 0 Å². The quantitative estimate of drug-likeness (QED) is 0.857. The summed E-state index contributed by atoms with van der Waals surface area (Å²) in [5, 5.41) is 6.31. The molecule has 0 aliphatic heterocycles. The molecule has 2 aliphatic carbocycles. The van der Waals surface area contributed by atoms with Gasteiger partial charge in [0.05, 0.1) is 11.3 Å². The Morgan fingerprint density at radius 3 is 2.72 bits per heavy atom. The van der Waals surface area contributed by atoms with E-state index in [0.717, 1.165) is 36.9 Å². The summed E-state index contributed by atoms with van der Waals surface area (Å²) in [5.74, 6) is 0.0789. The molecule has 2 N–H and O–H groups in total. The van der Waals surface area contributed by atoms with Crippen LogP contribution in [0.25, 0.3) is 0 Å². The van der Waals surface area contributed by atoms with Crippen LogP contribution in [0, 0.1) is 0 Å². The third kappa shape index (κ3) is 2.09. The van der Waals surface area contributed by atoms with Gasteiger partial charge in [-0.1, -0.05) is 6.07 Å². The number of nitrogens with one attached hydrogen (secondary N) is 2. The van der Waals surface area contributed by atoms with Gasteiger partial charge in [0.25, 0.3) is 5.91 Å². The van der Waals surface area contributed by atoms with Crippen molar-refractivity contribution in [3.63, 3.8) is 0 Å². The van der Waals surface area contributed by atoms with Crippen LogP contribution in [0.3, 0.4) is 0 Å². The Balaban J connectivity index is 1.95. The van der Waals surface area contributed by atoms with Gasteiger partial charge in [0.1, 0.15) is 0 Å². The summed E-state index contributed by atoms with van der Waals surface area (Å²) < 4.78 is 0. The molecule has 3 heteroatoms. The van der Waals surface area contributed by atoms with Crippen molar-refractivity contribution in [2.45, 2.75) is 44.6 Å². The monoisotopic (exact) mass is 244 g/mol. The molecular weight excluding hydrogens is 224 g/mol. The van der Waals surface area contributed by atoms with Gasteiger partial charge < -0.3 is 10.6 Å². The summed E-state index contributed by atoms with van der Waals surface area (Å²) in [6.45, 7) is 0. The van der Waals surface area contributed by atoms with Crippen LogP contribution in [0.4, 0.5) is 5.69 Å². The smallest absolute Gasteiger partial charge is 0.253 e. The van der Waals surface area contributed by atoms with Crippen LogP contribution < -0.4 is 10.6 Å². The van der Waals surface area contributed by atoms with Crippen LogP contribution >= 0.6 is 0 Å². The molecule has 1 saturated carbocycles. The molecule has 18 heavy (non-hydrogen) atoms. The molecule has 0 spiro atoms. The lowest BCUT2D eigenvalue weighted by Gasteiger charge is -2.21. The van der Waals surface area contributed by atoms with E-state index in [-0.39, 0.29) is 5.91 Å². The Morgan fingerprint density at radius 1 is 1.22 bits per heavy atom. The van der Waals surface area contributed by atoms with Crippen LogP contribution in [0.15, 0.2) is 12.1 Å². The predicted molar refractivity (Wildman–Crippen MR) is 73.1 cm³/mol. The molecule has 0 aromatic heterocycles. The molecule has 2 aliphatic rings. The Labute approximate surface area is 108 Å². The Kier molecular flexibility index (Phi) is 2.98. The molecule has 3 nitrogen and oxygen atoms in total. The van der Waals surface area contributed by atoms with Gasteiger partial charge >= 0.3 is 0 Å². The van der Waals surface area contributed by atoms with Crippen LogP contribution in [-0.2, 0) is 12.8 Å². The normalized spacial score (nSPS) is 18.1. The van der Waals surface area contributed by atoms with Crippen LogP contribution in [0.2, 0.25) is 0 Å². The molecule has 0 atom stereocenters. The van der Waals surface area contributed by atoms with E-state index in [9.17, 15) is 4.79 Å². The van der Waals surface area contributed by atoms with Gasteiger partial charge in [-0.3, -0.25) is 4.79 Å². The number of fused-ring (bicyclic) bond motifs is 1. The van der Waals surface area contributed by atoms with Crippen molar-refractivity contribution < 1.29 is 4.79 Å². The summed E-state index contributed by atoms with van der Waals surface area (Å²) in [6, 6.07) is 4.53. The van der Waals surface area contributed by atoms with Crippen molar-refractivity contribution in [3.8, 4) is 0 Å². The first-order valence-electron chi connectivity index (χ1n) is 6.93. The van der Waals surface area contributed by atoms with E-state index in [1.165, 1.54) is 24.0 Å². The van der Waals surface area contributed by atoms with Gasteiger partial charge in [0.15, 0.2) is 0 Å². The molecule has 3 rings (SSSR count). The maximum absolute atomic E-state index is 12.2. The molecule has 1 fully saturated rings. The first-order valence-corrected chi connectivity index (χ1v) is 6.93. The van der Waals surface area contributed by atoms with Crippen molar-refractivity contribution >= 4 is 11.6 Å². The average Bonchev–Trinajstić information content (AvgIpc) is 3.21. The lowest BCUT2D eigenvalue weighted by Crippen LogP contribution is -2.26. The highest BCUT2D eigenvalue weighted by molar-refractivity contribution is 6.00. The molecule has 1 aromatic rings. The Bertz CT molecular complexity index is 478. The average molecular weight is 244 g/mol. The summed E-state index contributed by atoms with van der Waals surface area (Å²) in [4.78, 5) is 12.2. The molecule has 0 saturated heterocycles. The zero-order valence-corrected chi connectivity index (χ0v) is 10.9. The van der Waals surface area contributed by atoms with Crippen LogP contribution in [0.5, 0.6) is 0 Å². The molecule has 0 heterocycles. The Morgan fingerprint density at radius 2 is 2.00 bits per heavy atom. The highest BCUT2D eigenvalue weighted by Gasteiger charge is 2.26. The first-order chi connectivity index (χ1) is 8.79.